The van der Waals surface area contributed by atoms with Gasteiger partial charge < -0.3 is 0 Å². The van der Waals surface area contributed by atoms with Crippen molar-refractivity contribution < 1.29 is 0 Å². The molecule has 0 bridgehead atoms. The van der Waals surface area contributed by atoms with E-state index in [4.69, 9.17) is 4.98 Å². The highest BCUT2D eigenvalue weighted by molar-refractivity contribution is 7.98. The Kier molecular flexibility index (Phi) is 4.18. The van der Waals surface area contributed by atoms with Gasteiger partial charge in [-0.1, -0.05) is 56.8 Å². The Morgan fingerprint density at radius 3 is 2.73 bits per heavy atom. The third kappa shape index (κ3) is 2.35. The van der Waals surface area contributed by atoms with E-state index in [2.05, 4.69) is 44.1 Å². The summed E-state index contributed by atoms with van der Waals surface area (Å²) in [6.07, 6.45) is 4.67. The molecule has 0 aliphatic heterocycles. The van der Waals surface area contributed by atoms with Gasteiger partial charge in [0.2, 0.25) is 5.78 Å². The molecule has 0 spiro atoms. The van der Waals surface area contributed by atoms with Crippen molar-refractivity contribution in [3.63, 3.8) is 0 Å². The first kappa shape index (κ1) is 17.3. The van der Waals surface area contributed by atoms with Gasteiger partial charge in [-0.3, -0.25) is 4.79 Å². The molecule has 26 heavy (non-hydrogen) atoms. The molecule has 5 nitrogen and oxygen atoms in total. The highest BCUT2D eigenvalue weighted by atomic mass is 32.2. The lowest BCUT2D eigenvalue weighted by molar-refractivity contribution is 0.439. The number of fused-ring (bicyclic) bond motifs is 4. The standard InChI is InChI=1S/C20H24N4OS/c1-5-11-23-18-21-16-14-10-8-7-9-13(14)12-20(3,6-2)15(16)17(25)24(18)19(22-23)26-4/h7-10H,5-6,11-12H2,1-4H3/t20-/m0/s1. The predicted molar refractivity (Wildman–Crippen MR) is 106 cm³/mol. The molecule has 2 heterocycles. The second-order valence-corrected chi connectivity index (χ2v) is 8.01. The van der Waals surface area contributed by atoms with E-state index in [1.807, 2.05) is 17.0 Å². The van der Waals surface area contributed by atoms with E-state index < -0.39 is 0 Å². The van der Waals surface area contributed by atoms with Crippen LogP contribution >= 0.6 is 11.8 Å². The lowest BCUT2D eigenvalue weighted by Crippen LogP contribution is -2.37. The molecule has 3 aromatic rings. The van der Waals surface area contributed by atoms with Crippen molar-refractivity contribution in [1.29, 1.82) is 0 Å². The summed E-state index contributed by atoms with van der Waals surface area (Å²) in [4.78, 5) is 18.6. The van der Waals surface area contributed by atoms with Crippen molar-refractivity contribution in [1.82, 2.24) is 19.2 Å². The number of hydrogen-bond donors (Lipinski definition) is 0. The fourth-order valence-corrected chi connectivity index (χ4v) is 4.52. The molecule has 136 valence electrons. The Balaban J connectivity index is 2.15. The highest BCUT2D eigenvalue weighted by Crippen LogP contribution is 2.42. The lowest BCUT2D eigenvalue weighted by Gasteiger charge is -2.35. The Labute approximate surface area is 157 Å². The summed E-state index contributed by atoms with van der Waals surface area (Å²) in [5.41, 5.74) is 3.86. The number of hydrogen-bond acceptors (Lipinski definition) is 4. The fraction of sp³-hybridized carbons (Fsp3) is 0.450. The molecule has 0 saturated carbocycles. The largest absolute Gasteiger partial charge is 0.268 e. The fourth-order valence-electron chi connectivity index (χ4n) is 4.00. The minimum atomic E-state index is -0.211. The molecular formula is C20H24N4OS. The average molecular weight is 369 g/mol. The van der Waals surface area contributed by atoms with Crippen LogP contribution in [0.1, 0.15) is 44.7 Å². The van der Waals surface area contributed by atoms with Crippen LogP contribution < -0.4 is 5.56 Å². The van der Waals surface area contributed by atoms with E-state index in [9.17, 15) is 4.79 Å². The number of rotatable bonds is 4. The molecule has 1 aromatic carbocycles. The van der Waals surface area contributed by atoms with Gasteiger partial charge in [-0.2, -0.15) is 0 Å². The third-order valence-electron chi connectivity index (χ3n) is 5.55. The highest BCUT2D eigenvalue weighted by Gasteiger charge is 2.38. The average Bonchev–Trinajstić information content (AvgIpc) is 3.00. The monoisotopic (exact) mass is 368 g/mol. The maximum atomic E-state index is 13.6. The summed E-state index contributed by atoms with van der Waals surface area (Å²) in [5, 5.41) is 5.35. The van der Waals surface area contributed by atoms with Crippen LogP contribution in [0.3, 0.4) is 0 Å². The zero-order chi connectivity index (χ0) is 18.5. The first-order chi connectivity index (χ1) is 12.5. The van der Waals surface area contributed by atoms with Crippen LogP contribution in [-0.4, -0.2) is 25.4 Å². The Hall–Kier alpha value is -2.08. The molecule has 0 saturated heterocycles. The van der Waals surface area contributed by atoms with Gasteiger partial charge >= 0.3 is 0 Å². The molecule has 1 atom stereocenters. The summed E-state index contributed by atoms with van der Waals surface area (Å²) in [6.45, 7) is 7.20. The maximum Gasteiger partial charge on any atom is 0.265 e. The van der Waals surface area contributed by atoms with Gasteiger partial charge in [0.05, 0.1) is 11.3 Å². The summed E-state index contributed by atoms with van der Waals surface area (Å²) in [5.74, 6) is 0.648. The number of aromatic nitrogens is 4. The molecule has 4 rings (SSSR count). The van der Waals surface area contributed by atoms with Crippen molar-refractivity contribution in [2.75, 3.05) is 6.26 Å². The van der Waals surface area contributed by atoms with Gasteiger partial charge in [0, 0.05) is 17.5 Å². The number of benzene rings is 1. The predicted octanol–water partition coefficient (Wildman–Crippen LogP) is 3.91. The van der Waals surface area contributed by atoms with Gasteiger partial charge in [0.1, 0.15) is 0 Å². The Bertz CT molecular complexity index is 1050. The Morgan fingerprint density at radius 1 is 1.27 bits per heavy atom. The summed E-state index contributed by atoms with van der Waals surface area (Å²) >= 11 is 1.49. The molecule has 6 heteroatoms. The molecule has 0 unspecified atom stereocenters. The second kappa shape index (κ2) is 6.27. The zero-order valence-electron chi connectivity index (χ0n) is 15.7. The van der Waals surface area contributed by atoms with Crippen molar-refractivity contribution >= 4 is 17.5 Å². The van der Waals surface area contributed by atoms with Crippen LogP contribution in [0.2, 0.25) is 0 Å². The SMILES string of the molecule is CCCn1nc(SC)n2c(=O)c3c(nc12)-c1ccccc1C[C@]3(C)CC. The molecule has 1 aliphatic carbocycles. The smallest absolute Gasteiger partial charge is 0.265 e. The second-order valence-electron chi connectivity index (χ2n) is 7.23. The minimum absolute atomic E-state index is 0.0376. The molecule has 2 aromatic heterocycles. The van der Waals surface area contributed by atoms with Crippen molar-refractivity contribution in [2.24, 2.45) is 0 Å². The molecule has 0 N–H and O–H groups in total. The molecule has 1 aliphatic rings. The zero-order valence-corrected chi connectivity index (χ0v) is 16.6. The van der Waals surface area contributed by atoms with Crippen LogP contribution in [0.25, 0.3) is 17.0 Å². The van der Waals surface area contributed by atoms with Gasteiger partial charge in [-0.15, -0.1) is 5.10 Å². The number of nitrogens with zero attached hydrogens (tertiary/aromatic N) is 4. The Morgan fingerprint density at radius 2 is 2.04 bits per heavy atom. The number of thioether (sulfide) groups is 1. The van der Waals surface area contributed by atoms with E-state index in [-0.39, 0.29) is 11.0 Å². The van der Waals surface area contributed by atoms with Gasteiger partial charge in [-0.05, 0) is 31.1 Å². The van der Waals surface area contributed by atoms with Crippen LogP contribution in [0, 0.1) is 0 Å². The van der Waals surface area contributed by atoms with Crippen LogP contribution in [-0.2, 0) is 18.4 Å². The van der Waals surface area contributed by atoms with Gasteiger partial charge in [-0.25, -0.2) is 14.1 Å². The van der Waals surface area contributed by atoms with Crippen LogP contribution in [0.5, 0.6) is 0 Å². The van der Waals surface area contributed by atoms with Crippen LogP contribution in [0.15, 0.2) is 34.2 Å². The van der Waals surface area contributed by atoms with Crippen molar-refractivity contribution in [3.05, 3.63) is 45.7 Å². The van der Waals surface area contributed by atoms with E-state index in [0.717, 1.165) is 42.6 Å². The molecule has 0 radical (unpaired) electrons. The third-order valence-corrected chi connectivity index (χ3v) is 6.18. The topological polar surface area (TPSA) is 52.2 Å². The van der Waals surface area contributed by atoms with Crippen molar-refractivity contribution in [3.8, 4) is 11.3 Å². The van der Waals surface area contributed by atoms with E-state index in [1.165, 1.54) is 17.3 Å². The summed E-state index contributed by atoms with van der Waals surface area (Å²) in [6, 6.07) is 8.34. The van der Waals surface area contributed by atoms with Gasteiger partial charge in [0.15, 0.2) is 5.16 Å². The maximum absolute atomic E-state index is 13.6. The molecular weight excluding hydrogens is 344 g/mol. The minimum Gasteiger partial charge on any atom is -0.268 e. The van der Waals surface area contributed by atoms with Gasteiger partial charge in [0.25, 0.3) is 5.56 Å². The first-order valence-corrected chi connectivity index (χ1v) is 10.4. The number of aryl methyl sites for hydroxylation is 1. The first-order valence-electron chi connectivity index (χ1n) is 9.20. The van der Waals surface area contributed by atoms with E-state index in [1.54, 1.807) is 4.40 Å². The summed E-state index contributed by atoms with van der Waals surface area (Å²) in [7, 11) is 0. The normalized spacial score (nSPS) is 18.8. The van der Waals surface area contributed by atoms with E-state index in [0.29, 0.717) is 10.9 Å². The van der Waals surface area contributed by atoms with E-state index >= 15 is 0 Å². The molecule has 0 fully saturated rings. The van der Waals surface area contributed by atoms with Crippen LogP contribution in [0.4, 0.5) is 0 Å². The summed E-state index contributed by atoms with van der Waals surface area (Å²) < 4.78 is 3.58. The quantitative estimate of drug-likeness (QED) is 0.655. The molecule has 0 amide bonds. The van der Waals surface area contributed by atoms with Crippen molar-refractivity contribution in [2.45, 2.75) is 57.1 Å². The lowest BCUT2D eigenvalue weighted by atomic mass is 9.69.